The minimum absolute atomic E-state index is 0.175. The van der Waals surface area contributed by atoms with Crippen LogP contribution in [0.1, 0.15) is 20.3 Å². The van der Waals surface area contributed by atoms with Crippen LogP contribution in [0.15, 0.2) is 11.6 Å². The van der Waals surface area contributed by atoms with E-state index in [2.05, 4.69) is 4.74 Å². The van der Waals surface area contributed by atoms with Crippen LogP contribution in [0.5, 0.6) is 0 Å². The van der Waals surface area contributed by atoms with E-state index in [1.165, 1.54) is 7.11 Å². The molecule has 2 nitrogen and oxygen atoms in total. The van der Waals surface area contributed by atoms with Crippen molar-refractivity contribution in [1.82, 2.24) is 0 Å². The zero-order valence-corrected chi connectivity index (χ0v) is 6.10. The lowest BCUT2D eigenvalue weighted by Crippen LogP contribution is -1.99. The lowest BCUT2D eigenvalue weighted by molar-refractivity contribution is -0.139. The Balaban J connectivity index is 3.60. The van der Waals surface area contributed by atoms with Gasteiger partial charge in [-0.1, -0.05) is 11.6 Å². The second-order valence-corrected chi connectivity index (χ2v) is 1.89. The van der Waals surface area contributed by atoms with E-state index in [4.69, 9.17) is 0 Å². The highest BCUT2D eigenvalue weighted by molar-refractivity contribution is 5.71. The zero-order valence-electron chi connectivity index (χ0n) is 6.10. The average molecular weight is 128 g/mol. The lowest BCUT2D eigenvalue weighted by Gasteiger charge is -1.96. The van der Waals surface area contributed by atoms with Crippen molar-refractivity contribution in [2.75, 3.05) is 7.11 Å². The normalized spacial score (nSPS) is 11.2. The molecule has 0 atom stereocenters. The highest BCUT2D eigenvalue weighted by Crippen LogP contribution is 1.99. The largest absolute Gasteiger partial charge is 0.469 e. The van der Waals surface area contributed by atoms with Gasteiger partial charge in [0.25, 0.3) is 0 Å². The fraction of sp³-hybridized carbons (Fsp3) is 0.571. The van der Waals surface area contributed by atoms with Gasteiger partial charge in [0, 0.05) is 0 Å². The highest BCUT2D eigenvalue weighted by atomic mass is 16.5. The quantitative estimate of drug-likeness (QED) is 0.416. The lowest BCUT2D eigenvalue weighted by atomic mass is 10.2. The molecule has 2 heteroatoms. The van der Waals surface area contributed by atoms with Crippen molar-refractivity contribution >= 4 is 5.97 Å². The SMILES string of the molecule is C/C=C(/C)CC(=O)OC. The molecular weight excluding hydrogens is 116 g/mol. The summed E-state index contributed by atoms with van der Waals surface area (Å²) in [5.41, 5.74) is 1.04. The van der Waals surface area contributed by atoms with Gasteiger partial charge in [0.05, 0.1) is 13.5 Å². The van der Waals surface area contributed by atoms with Crippen molar-refractivity contribution in [2.24, 2.45) is 0 Å². The summed E-state index contributed by atoms with van der Waals surface area (Å²) in [6.07, 6.45) is 2.31. The first-order valence-electron chi connectivity index (χ1n) is 2.89. The van der Waals surface area contributed by atoms with Gasteiger partial charge in [-0.25, -0.2) is 0 Å². The van der Waals surface area contributed by atoms with E-state index in [1.54, 1.807) is 0 Å². The Morgan fingerprint density at radius 1 is 1.67 bits per heavy atom. The Morgan fingerprint density at radius 3 is 2.56 bits per heavy atom. The zero-order chi connectivity index (χ0) is 7.28. The molecule has 0 N–H and O–H groups in total. The minimum Gasteiger partial charge on any atom is -0.469 e. The standard InChI is InChI=1S/C7H12O2/c1-4-6(2)5-7(8)9-3/h4H,5H2,1-3H3/b6-4-. The molecule has 0 aliphatic heterocycles. The van der Waals surface area contributed by atoms with E-state index < -0.39 is 0 Å². The fourth-order valence-corrected chi connectivity index (χ4v) is 0.402. The minimum atomic E-state index is -0.175. The summed E-state index contributed by atoms with van der Waals surface area (Å²) in [5, 5.41) is 0. The molecule has 0 rings (SSSR count). The Morgan fingerprint density at radius 2 is 2.22 bits per heavy atom. The molecule has 0 aliphatic carbocycles. The number of methoxy groups -OCH3 is 1. The third-order valence-corrected chi connectivity index (χ3v) is 1.14. The molecule has 0 aromatic carbocycles. The Labute approximate surface area is 55.5 Å². The van der Waals surface area contributed by atoms with Gasteiger partial charge in [0.15, 0.2) is 0 Å². The number of hydrogen-bond acceptors (Lipinski definition) is 2. The molecule has 52 valence electrons. The van der Waals surface area contributed by atoms with Gasteiger partial charge in [0.2, 0.25) is 0 Å². The fourth-order valence-electron chi connectivity index (χ4n) is 0.402. The molecule has 0 saturated heterocycles. The van der Waals surface area contributed by atoms with Crippen molar-refractivity contribution in [3.8, 4) is 0 Å². The molecular formula is C7H12O2. The molecule has 0 bridgehead atoms. The Kier molecular flexibility index (Phi) is 3.76. The number of esters is 1. The Hall–Kier alpha value is -0.790. The maximum Gasteiger partial charge on any atom is 0.309 e. The van der Waals surface area contributed by atoms with E-state index in [-0.39, 0.29) is 5.97 Å². The number of ether oxygens (including phenoxy) is 1. The maximum atomic E-state index is 10.5. The van der Waals surface area contributed by atoms with Gasteiger partial charge in [-0.2, -0.15) is 0 Å². The molecule has 0 radical (unpaired) electrons. The van der Waals surface area contributed by atoms with E-state index in [9.17, 15) is 4.79 Å². The van der Waals surface area contributed by atoms with E-state index in [0.29, 0.717) is 6.42 Å². The Bertz CT molecular complexity index is 125. The molecule has 0 amide bonds. The van der Waals surface area contributed by atoms with Crippen LogP contribution in [0.4, 0.5) is 0 Å². The molecule has 0 aromatic rings. The summed E-state index contributed by atoms with van der Waals surface area (Å²) in [7, 11) is 1.39. The molecule has 0 aromatic heterocycles. The van der Waals surface area contributed by atoms with Crippen LogP contribution < -0.4 is 0 Å². The van der Waals surface area contributed by atoms with Crippen molar-refractivity contribution in [3.05, 3.63) is 11.6 Å². The van der Waals surface area contributed by atoms with Gasteiger partial charge in [0.1, 0.15) is 0 Å². The van der Waals surface area contributed by atoms with Crippen LogP contribution >= 0.6 is 0 Å². The van der Waals surface area contributed by atoms with Crippen LogP contribution in [0.25, 0.3) is 0 Å². The third kappa shape index (κ3) is 3.76. The van der Waals surface area contributed by atoms with E-state index in [1.807, 2.05) is 19.9 Å². The average Bonchev–Trinajstić information content (AvgIpc) is 1.87. The summed E-state index contributed by atoms with van der Waals surface area (Å²) in [6.45, 7) is 3.80. The molecule has 0 heterocycles. The first-order valence-corrected chi connectivity index (χ1v) is 2.89. The van der Waals surface area contributed by atoms with Gasteiger partial charge >= 0.3 is 5.97 Å². The summed E-state index contributed by atoms with van der Waals surface area (Å²) >= 11 is 0. The van der Waals surface area contributed by atoms with Crippen LogP contribution in [0, 0.1) is 0 Å². The van der Waals surface area contributed by atoms with E-state index in [0.717, 1.165) is 5.57 Å². The molecule has 0 unspecified atom stereocenters. The van der Waals surface area contributed by atoms with Crippen LogP contribution in [-0.2, 0) is 9.53 Å². The number of allylic oxidation sites excluding steroid dienone is 1. The first-order chi connectivity index (χ1) is 4.20. The van der Waals surface area contributed by atoms with Gasteiger partial charge in [-0.3, -0.25) is 4.79 Å². The van der Waals surface area contributed by atoms with Crippen molar-refractivity contribution in [3.63, 3.8) is 0 Å². The topological polar surface area (TPSA) is 26.3 Å². The maximum absolute atomic E-state index is 10.5. The number of carbonyl (C=O) groups is 1. The summed E-state index contributed by atoms with van der Waals surface area (Å²) in [5.74, 6) is -0.175. The predicted molar refractivity (Wildman–Crippen MR) is 36.1 cm³/mol. The third-order valence-electron chi connectivity index (χ3n) is 1.14. The second-order valence-electron chi connectivity index (χ2n) is 1.89. The number of hydrogen-bond donors (Lipinski definition) is 0. The van der Waals surface area contributed by atoms with Gasteiger partial charge in [-0.15, -0.1) is 0 Å². The summed E-state index contributed by atoms with van der Waals surface area (Å²) < 4.78 is 4.44. The monoisotopic (exact) mass is 128 g/mol. The number of carbonyl (C=O) groups excluding carboxylic acids is 1. The van der Waals surface area contributed by atoms with Gasteiger partial charge in [-0.05, 0) is 13.8 Å². The molecule has 0 aliphatic rings. The van der Waals surface area contributed by atoms with Crippen LogP contribution in [-0.4, -0.2) is 13.1 Å². The smallest absolute Gasteiger partial charge is 0.309 e. The predicted octanol–water partition coefficient (Wildman–Crippen LogP) is 1.52. The second kappa shape index (κ2) is 4.13. The molecule has 0 saturated carbocycles. The number of rotatable bonds is 2. The molecule has 0 fully saturated rings. The van der Waals surface area contributed by atoms with Crippen molar-refractivity contribution in [2.45, 2.75) is 20.3 Å². The van der Waals surface area contributed by atoms with Crippen molar-refractivity contribution < 1.29 is 9.53 Å². The summed E-state index contributed by atoms with van der Waals surface area (Å²) in [6, 6.07) is 0. The molecule has 0 spiro atoms. The first kappa shape index (κ1) is 8.21. The van der Waals surface area contributed by atoms with E-state index >= 15 is 0 Å². The van der Waals surface area contributed by atoms with Gasteiger partial charge < -0.3 is 4.74 Å². The van der Waals surface area contributed by atoms with Crippen LogP contribution in [0.2, 0.25) is 0 Å². The van der Waals surface area contributed by atoms with Crippen LogP contribution in [0.3, 0.4) is 0 Å². The molecule has 9 heavy (non-hydrogen) atoms. The summed E-state index contributed by atoms with van der Waals surface area (Å²) in [4.78, 5) is 10.5. The van der Waals surface area contributed by atoms with Crippen molar-refractivity contribution in [1.29, 1.82) is 0 Å². The highest BCUT2D eigenvalue weighted by Gasteiger charge is 1.98.